The van der Waals surface area contributed by atoms with E-state index in [-0.39, 0.29) is 12.2 Å². The van der Waals surface area contributed by atoms with Gasteiger partial charge in [0.1, 0.15) is 6.10 Å². The summed E-state index contributed by atoms with van der Waals surface area (Å²) in [5, 5.41) is 2.49. The second-order valence-electron chi connectivity index (χ2n) is 3.83. The summed E-state index contributed by atoms with van der Waals surface area (Å²) in [6, 6.07) is 0. The van der Waals surface area contributed by atoms with Crippen LogP contribution in [-0.2, 0) is 4.74 Å². The Morgan fingerprint density at radius 3 is 2.62 bits per heavy atom. The third-order valence-electron chi connectivity index (χ3n) is 3.06. The van der Waals surface area contributed by atoms with E-state index in [0.717, 1.165) is 6.54 Å². The van der Waals surface area contributed by atoms with Crippen molar-refractivity contribution >= 4 is 6.09 Å². The van der Waals surface area contributed by atoms with Gasteiger partial charge in [0.05, 0.1) is 0 Å². The third-order valence-corrected chi connectivity index (χ3v) is 3.06. The fourth-order valence-electron chi connectivity index (χ4n) is 2.24. The average molecular weight is 184 g/mol. The van der Waals surface area contributed by atoms with E-state index in [2.05, 4.69) is 10.2 Å². The maximum Gasteiger partial charge on any atom is 0.407 e. The van der Waals surface area contributed by atoms with E-state index in [4.69, 9.17) is 4.74 Å². The van der Waals surface area contributed by atoms with Crippen LogP contribution in [0.3, 0.4) is 0 Å². The van der Waals surface area contributed by atoms with E-state index in [0.29, 0.717) is 5.92 Å². The topological polar surface area (TPSA) is 41.6 Å². The highest BCUT2D eigenvalue weighted by atomic mass is 16.6. The molecule has 0 spiro atoms. The zero-order chi connectivity index (χ0) is 9.26. The van der Waals surface area contributed by atoms with Gasteiger partial charge >= 0.3 is 6.09 Å². The van der Waals surface area contributed by atoms with Gasteiger partial charge in [-0.05, 0) is 31.8 Å². The van der Waals surface area contributed by atoms with Crippen LogP contribution < -0.4 is 5.32 Å². The van der Waals surface area contributed by atoms with Crippen LogP contribution in [0.4, 0.5) is 4.79 Å². The van der Waals surface area contributed by atoms with Crippen molar-refractivity contribution in [3.63, 3.8) is 0 Å². The van der Waals surface area contributed by atoms with E-state index in [1.54, 1.807) is 7.05 Å². The molecule has 3 heterocycles. The maximum absolute atomic E-state index is 11.0. The summed E-state index contributed by atoms with van der Waals surface area (Å²) in [5.41, 5.74) is 0. The summed E-state index contributed by atoms with van der Waals surface area (Å²) in [6.45, 7) is 3.29. The number of ether oxygens (including phenoxy) is 1. The highest BCUT2D eigenvalue weighted by Gasteiger charge is 2.36. The number of nitrogens with one attached hydrogen (secondary N) is 1. The first-order valence-electron chi connectivity index (χ1n) is 4.90. The molecule has 1 amide bonds. The molecule has 4 heteroatoms. The largest absolute Gasteiger partial charge is 0.445 e. The zero-order valence-electron chi connectivity index (χ0n) is 7.95. The van der Waals surface area contributed by atoms with Crippen molar-refractivity contribution in [3.05, 3.63) is 0 Å². The molecule has 0 aromatic heterocycles. The number of fused-ring (bicyclic) bond motifs is 3. The highest BCUT2D eigenvalue weighted by Crippen LogP contribution is 2.29. The number of rotatable bonds is 1. The molecule has 0 radical (unpaired) electrons. The quantitative estimate of drug-likeness (QED) is 0.643. The number of hydrogen-bond acceptors (Lipinski definition) is 3. The number of hydrogen-bond donors (Lipinski definition) is 1. The molecule has 1 N–H and O–H groups in total. The van der Waals surface area contributed by atoms with Gasteiger partial charge < -0.3 is 10.1 Å². The standard InChI is InChI=1S/C9H16N2O2/c1-10-9(12)13-8-6-11-4-2-7(8)3-5-11/h7-8H,2-6H2,1H3,(H,10,12). The minimum absolute atomic E-state index is 0.127. The van der Waals surface area contributed by atoms with Gasteiger partial charge in [0.2, 0.25) is 0 Å². The molecule has 2 bridgehead atoms. The number of carbonyl (C=O) groups is 1. The Balaban J connectivity index is 1.90. The molecule has 3 saturated heterocycles. The zero-order valence-corrected chi connectivity index (χ0v) is 7.95. The van der Waals surface area contributed by atoms with Crippen LogP contribution in [0.5, 0.6) is 0 Å². The van der Waals surface area contributed by atoms with Crippen molar-refractivity contribution in [1.29, 1.82) is 0 Å². The minimum Gasteiger partial charge on any atom is -0.445 e. The Morgan fingerprint density at radius 1 is 1.46 bits per heavy atom. The lowest BCUT2D eigenvalue weighted by Gasteiger charge is -2.43. The van der Waals surface area contributed by atoms with Gasteiger partial charge in [-0.2, -0.15) is 0 Å². The summed E-state index contributed by atoms with van der Waals surface area (Å²) in [4.78, 5) is 13.4. The second kappa shape index (κ2) is 3.54. The Labute approximate surface area is 78.2 Å². The van der Waals surface area contributed by atoms with Gasteiger partial charge in [-0.15, -0.1) is 0 Å². The molecule has 3 rings (SSSR count). The lowest BCUT2D eigenvalue weighted by atomic mass is 9.86. The van der Waals surface area contributed by atoms with Crippen LogP contribution in [0.15, 0.2) is 0 Å². The first kappa shape index (κ1) is 8.81. The fourth-order valence-corrected chi connectivity index (χ4v) is 2.24. The number of amides is 1. The number of carbonyl (C=O) groups excluding carboxylic acids is 1. The lowest BCUT2D eigenvalue weighted by molar-refractivity contribution is -0.0326. The molecule has 1 unspecified atom stereocenters. The highest BCUT2D eigenvalue weighted by molar-refractivity contribution is 5.66. The van der Waals surface area contributed by atoms with Crippen molar-refractivity contribution in [3.8, 4) is 0 Å². The SMILES string of the molecule is CNC(=O)OC1CN2CCC1CC2. The van der Waals surface area contributed by atoms with Crippen LogP contribution in [0.2, 0.25) is 0 Å². The molecule has 13 heavy (non-hydrogen) atoms. The van der Waals surface area contributed by atoms with Crippen LogP contribution in [0, 0.1) is 5.92 Å². The van der Waals surface area contributed by atoms with Crippen molar-refractivity contribution in [2.75, 3.05) is 26.7 Å². The van der Waals surface area contributed by atoms with Crippen LogP contribution >= 0.6 is 0 Å². The summed E-state index contributed by atoms with van der Waals surface area (Å²) >= 11 is 0. The van der Waals surface area contributed by atoms with E-state index < -0.39 is 0 Å². The Morgan fingerprint density at radius 2 is 2.15 bits per heavy atom. The summed E-state index contributed by atoms with van der Waals surface area (Å²) in [6.07, 6.45) is 2.20. The first-order valence-corrected chi connectivity index (χ1v) is 4.90. The Bertz CT molecular complexity index is 200. The molecule has 0 aromatic carbocycles. The maximum atomic E-state index is 11.0. The predicted octanol–water partition coefficient (Wildman–Crippen LogP) is 0.437. The van der Waals surface area contributed by atoms with Crippen LogP contribution in [0.1, 0.15) is 12.8 Å². The molecule has 74 valence electrons. The number of nitrogens with zero attached hydrogens (tertiary/aromatic N) is 1. The molecule has 3 aliphatic rings. The van der Waals surface area contributed by atoms with Crippen molar-refractivity contribution in [2.24, 2.45) is 5.92 Å². The Hall–Kier alpha value is -0.770. The number of alkyl carbamates (subject to hydrolysis) is 1. The molecule has 0 aromatic rings. The van der Waals surface area contributed by atoms with Crippen LogP contribution in [-0.4, -0.2) is 43.8 Å². The molecular weight excluding hydrogens is 168 g/mol. The smallest absolute Gasteiger partial charge is 0.407 e. The summed E-state index contributed by atoms with van der Waals surface area (Å²) < 4.78 is 5.28. The van der Waals surface area contributed by atoms with E-state index in [1.807, 2.05) is 0 Å². The molecule has 3 aliphatic heterocycles. The van der Waals surface area contributed by atoms with Gasteiger partial charge in [-0.3, -0.25) is 4.90 Å². The molecule has 1 atom stereocenters. The van der Waals surface area contributed by atoms with Crippen LogP contribution in [0.25, 0.3) is 0 Å². The molecular formula is C9H16N2O2. The first-order chi connectivity index (χ1) is 6.29. The van der Waals surface area contributed by atoms with Crippen molar-refractivity contribution in [2.45, 2.75) is 18.9 Å². The van der Waals surface area contributed by atoms with Gasteiger partial charge in [0.25, 0.3) is 0 Å². The number of piperidine rings is 3. The normalized spacial score (nSPS) is 37.2. The van der Waals surface area contributed by atoms with E-state index in [9.17, 15) is 4.79 Å². The fraction of sp³-hybridized carbons (Fsp3) is 0.889. The van der Waals surface area contributed by atoms with Gasteiger partial charge in [-0.1, -0.05) is 0 Å². The second-order valence-corrected chi connectivity index (χ2v) is 3.83. The summed E-state index contributed by atoms with van der Waals surface area (Å²) in [5.74, 6) is 0.599. The van der Waals surface area contributed by atoms with E-state index >= 15 is 0 Å². The minimum atomic E-state index is -0.293. The van der Waals surface area contributed by atoms with Crippen molar-refractivity contribution < 1.29 is 9.53 Å². The predicted molar refractivity (Wildman–Crippen MR) is 48.5 cm³/mol. The molecule has 0 saturated carbocycles. The van der Waals surface area contributed by atoms with Gasteiger partial charge in [0, 0.05) is 13.6 Å². The average Bonchev–Trinajstić information content (AvgIpc) is 2.19. The van der Waals surface area contributed by atoms with Gasteiger partial charge in [-0.25, -0.2) is 4.79 Å². The molecule has 0 aliphatic carbocycles. The van der Waals surface area contributed by atoms with E-state index in [1.165, 1.54) is 25.9 Å². The molecule has 4 nitrogen and oxygen atoms in total. The third kappa shape index (κ3) is 1.77. The monoisotopic (exact) mass is 184 g/mol. The Kier molecular flexibility index (Phi) is 2.40. The molecule has 3 fully saturated rings. The van der Waals surface area contributed by atoms with Gasteiger partial charge in [0.15, 0.2) is 0 Å². The van der Waals surface area contributed by atoms with Crippen molar-refractivity contribution in [1.82, 2.24) is 10.2 Å². The summed E-state index contributed by atoms with van der Waals surface area (Å²) in [7, 11) is 1.60. The lowest BCUT2D eigenvalue weighted by Crippen LogP contribution is -2.52.